The van der Waals surface area contributed by atoms with E-state index in [1.54, 1.807) is 13.0 Å². The number of halogens is 3. The first-order chi connectivity index (χ1) is 21.7. The summed E-state index contributed by atoms with van der Waals surface area (Å²) in [5.74, 6) is -1.80. The highest BCUT2D eigenvalue weighted by atomic mass is 19.1. The summed E-state index contributed by atoms with van der Waals surface area (Å²) in [6, 6.07) is 5.68. The number of carbonyl (C=O) groups is 1. The van der Waals surface area contributed by atoms with E-state index in [0.717, 1.165) is 19.4 Å². The lowest BCUT2D eigenvalue weighted by Gasteiger charge is -2.33. The molecular formula is C33H35F3N6O3. The Bertz CT molecular complexity index is 1820. The number of primary amides is 1. The third-order valence-corrected chi connectivity index (χ3v) is 9.76. The van der Waals surface area contributed by atoms with Crippen molar-refractivity contribution in [1.29, 1.82) is 0 Å². The van der Waals surface area contributed by atoms with Gasteiger partial charge in [-0.25, -0.2) is 13.2 Å². The number of piperidine rings is 1. The quantitative estimate of drug-likeness (QED) is 0.295. The molecule has 0 saturated carbocycles. The van der Waals surface area contributed by atoms with Crippen LogP contribution in [0.25, 0.3) is 32.9 Å². The van der Waals surface area contributed by atoms with Gasteiger partial charge < -0.3 is 20.5 Å². The standard InChI is InChI=1S/C33H35F3N6O3/c1-2-22-25(35)7-6-18-11-21(43)12-23(26(18)22)28-27(36)29-24(14-38-28)31(41-9-3-5-19(15-41)30(37)44)40-32(39-29)45-17-33-8-4-10-42(33)16-20(34)13-33/h6-7,11-12,14,19-20,43H,2-5,8-10,13,15-17H2,1H3,(H2,37,44)/t19?,20-,33+/m1/s1. The average Bonchev–Trinajstić information content (AvgIpc) is 3.55. The van der Waals surface area contributed by atoms with E-state index in [1.165, 1.54) is 24.4 Å². The minimum Gasteiger partial charge on any atom is -0.508 e. The summed E-state index contributed by atoms with van der Waals surface area (Å²) in [6.07, 6.45) is 4.25. The minimum absolute atomic E-state index is 0.0669. The fourth-order valence-corrected chi connectivity index (χ4v) is 7.60. The van der Waals surface area contributed by atoms with E-state index in [-0.39, 0.29) is 35.1 Å². The Morgan fingerprint density at radius 1 is 1.18 bits per heavy atom. The predicted molar refractivity (Wildman–Crippen MR) is 164 cm³/mol. The topological polar surface area (TPSA) is 118 Å². The summed E-state index contributed by atoms with van der Waals surface area (Å²) in [7, 11) is 0. The predicted octanol–water partition coefficient (Wildman–Crippen LogP) is 5.05. The van der Waals surface area contributed by atoms with Gasteiger partial charge in [-0.2, -0.15) is 9.97 Å². The van der Waals surface area contributed by atoms with E-state index in [2.05, 4.69) is 19.9 Å². The zero-order valence-corrected chi connectivity index (χ0v) is 25.0. The molecule has 3 atom stereocenters. The van der Waals surface area contributed by atoms with Crippen LogP contribution in [-0.2, 0) is 11.2 Å². The normalized spacial score (nSPS) is 23.6. The lowest BCUT2D eigenvalue weighted by atomic mass is 9.94. The molecule has 5 heterocycles. The lowest BCUT2D eigenvalue weighted by molar-refractivity contribution is -0.122. The Labute approximate surface area is 258 Å². The number of alkyl halides is 1. The SMILES string of the molecule is CCc1c(F)ccc2cc(O)cc(-c3ncc4c(N5CCCC(C(N)=O)C5)nc(OC[C@@]56CCCN5C[C@H](F)C6)nc4c3F)c12. The van der Waals surface area contributed by atoms with Crippen LogP contribution >= 0.6 is 0 Å². The van der Waals surface area contributed by atoms with Gasteiger partial charge in [-0.15, -0.1) is 0 Å². The van der Waals surface area contributed by atoms with Crippen LogP contribution in [0, 0.1) is 17.6 Å². The second kappa shape index (κ2) is 11.3. The van der Waals surface area contributed by atoms with E-state index in [0.29, 0.717) is 72.9 Å². The number of nitrogens with zero attached hydrogens (tertiary/aromatic N) is 5. The summed E-state index contributed by atoms with van der Waals surface area (Å²) in [5, 5.41) is 11.9. The molecule has 45 heavy (non-hydrogen) atoms. The van der Waals surface area contributed by atoms with E-state index in [9.17, 15) is 18.7 Å². The molecule has 4 aromatic rings. The van der Waals surface area contributed by atoms with Gasteiger partial charge in [-0.3, -0.25) is 14.7 Å². The number of anilines is 1. The number of aromatic nitrogens is 3. The molecule has 0 spiro atoms. The van der Waals surface area contributed by atoms with Crippen molar-refractivity contribution in [3.8, 4) is 23.0 Å². The summed E-state index contributed by atoms with van der Waals surface area (Å²) in [6.45, 7) is 3.95. The Hall–Kier alpha value is -4.19. The number of fused-ring (bicyclic) bond motifs is 3. The molecule has 2 aromatic heterocycles. The molecular weight excluding hydrogens is 585 g/mol. The number of aromatic hydroxyl groups is 1. The summed E-state index contributed by atoms with van der Waals surface area (Å²) in [5.41, 5.74) is 5.62. The molecule has 236 valence electrons. The highest BCUT2D eigenvalue weighted by Crippen LogP contribution is 2.42. The highest BCUT2D eigenvalue weighted by molar-refractivity contribution is 6.01. The number of phenols is 1. The lowest BCUT2D eigenvalue weighted by Crippen LogP contribution is -2.43. The number of carbonyl (C=O) groups excluding carboxylic acids is 1. The maximum Gasteiger partial charge on any atom is 0.319 e. The van der Waals surface area contributed by atoms with Crippen LogP contribution < -0.4 is 15.4 Å². The van der Waals surface area contributed by atoms with Gasteiger partial charge >= 0.3 is 6.01 Å². The second-order valence-corrected chi connectivity index (χ2v) is 12.5. The van der Waals surface area contributed by atoms with Crippen LogP contribution in [0.15, 0.2) is 30.5 Å². The van der Waals surface area contributed by atoms with E-state index >= 15 is 4.39 Å². The van der Waals surface area contributed by atoms with Gasteiger partial charge in [-0.1, -0.05) is 13.0 Å². The first-order valence-corrected chi connectivity index (χ1v) is 15.5. The summed E-state index contributed by atoms with van der Waals surface area (Å²) in [4.78, 5) is 29.8. The molecule has 12 heteroatoms. The van der Waals surface area contributed by atoms with Gasteiger partial charge in [0, 0.05) is 37.8 Å². The number of ether oxygens (including phenoxy) is 1. The molecule has 3 fully saturated rings. The summed E-state index contributed by atoms with van der Waals surface area (Å²) >= 11 is 0. The van der Waals surface area contributed by atoms with Crippen molar-refractivity contribution < 1.29 is 27.8 Å². The molecule has 0 aliphatic carbocycles. The number of hydrogen-bond acceptors (Lipinski definition) is 8. The van der Waals surface area contributed by atoms with Crippen molar-refractivity contribution >= 4 is 33.4 Å². The third kappa shape index (κ3) is 5.08. The van der Waals surface area contributed by atoms with Gasteiger partial charge in [0.05, 0.1) is 16.8 Å². The number of phenolic OH excluding ortho intramolecular Hbond substituents is 1. The van der Waals surface area contributed by atoms with E-state index in [1.807, 2.05) is 4.90 Å². The van der Waals surface area contributed by atoms with Crippen LogP contribution in [0.5, 0.6) is 11.8 Å². The van der Waals surface area contributed by atoms with Gasteiger partial charge in [0.25, 0.3) is 0 Å². The van der Waals surface area contributed by atoms with Crippen LogP contribution in [0.4, 0.5) is 19.0 Å². The molecule has 9 nitrogen and oxygen atoms in total. The van der Waals surface area contributed by atoms with Crippen molar-refractivity contribution in [2.75, 3.05) is 37.7 Å². The molecule has 3 N–H and O–H groups in total. The monoisotopic (exact) mass is 620 g/mol. The Morgan fingerprint density at radius 3 is 2.82 bits per heavy atom. The molecule has 3 saturated heterocycles. The molecule has 3 aliphatic rings. The van der Waals surface area contributed by atoms with Gasteiger partial charge in [0.2, 0.25) is 5.91 Å². The third-order valence-electron chi connectivity index (χ3n) is 9.76. The van der Waals surface area contributed by atoms with Crippen LogP contribution in [-0.4, -0.2) is 75.4 Å². The van der Waals surface area contributed by atoms with Crippen molar-refractivity contribution in [3.63, 3.8) is 0 Å². The Kier molecular flexibility index (Phi) is 7.42. The number of pyridine rings is 1. The molecule has 1 amide bonds. The number of benzene rings is 2. The fraction of sp³-hybridized carbons (Fsp3) is 0.455. The van der Waals surface area contributed by atoms with Crippen LogP contribution in [0.1, 0.15) is 44.6 Å². The zero-order valence-electron chi connectivity index (χ0n) is 25.0. The average molecular weight is 621 g/mol. The zero-order chi connectivity index (χ0) is 31.5. The van der Waals surface area contributed by atoms with Gasteiger partial charge in [0.1, 0.15) is 41.4 Å². The first kappa shape index (κ1) is 29.5. The van der Waals surface area contributed by atoms with E-state index < -0.39 is 35.2 Å². The molecule has 2 aromatic carbocycles. The van der Waals surface area contributed by atoms with Crippen molar-refractivity contribution in [2.45, 2.75) is 57.2 Å². The maximum atomic E-state index is 16.8. The first-order valence-electron chi connectivity index (χ1n) is 15.5. The highest BCUT2D eigenvalue weighted by Gasteiger charge is 2.49. The fourth-order valence-electron chi connectivity index (χ4n) is 7.60. The van der Waals surface area contributed by atoms with Crippen molar-refractivity contribution in [1.82, 2.24) is 19.9 Å². The summed E-state index contributed by atoms with van der Waals surface area (Å²) < 4.78 is 52.3. The number of hydrogen-bond donors (Lipinski definition) is 2. The molecule has 3 aliphatic heterocycles. The molecule has 0 bridgehead atoms. The molecule has 1 unspecified atom stereocenters. The number of aryl methyl sites for hydroxylation is 1. The van der Waals surface area contributed by atoms with Crippen molar-refractivity contribution in [2.24, 2.45) is 11.7 Å². The van der Waals surface area contributed by atoms with Crippen LogP contribution in [0.3, 0.4) is 0 Å². The van der Waals surface area contributed by atoms with E-state index in [4.69, 9.17) is 10.5 Å². The van der Waals surface area contributed by atoms with Gasteiger partial charge in [-0.05, 0) is 73.2 Å². The smallest absolute Gasteiger partial charge is 0.319 e. The Balaban J connectivity index is 1.38. The minimum atomic E-state index is -0.942. The number of rotatable bonds is 7. The number of amides is 1. The molecule has 7 rings (SSSR count). The Morgan fingerprint density at radius 2 is 2.02 bits per heavy atom. The maximum absolute atomic E-state index is 16.8. The second-order valence-electron chi connectivity index (χ2n) is 12.5. The van der Waals surface area contributed by atoms with Crippen LogP contribution in [0.2, 0.25) is 0 Å². The van der Waals surface area contributed by atoms with Gasteiger partial charge in [0.15, 0.2) is 5.82 Å². The molecule has 0 radical (unpaired) electrons. The number of nitrogens with two attached hydrogens (primary N) is 1. The van der Waals surface area contributed by atoms with Crippen molar-refractivity contribution in [3.05, 3.63) is 47.7 Å². The largest absolute Gasteiger partial charge is 0.508 e.